The molecular formula is C10H21N3O3. The van der Waals surface area contributed by atoms with Crippen LogP contribution in [0.15, 0.2) is 0 Å². The third kappa shape index (κ3) is 7.19. The highest BCUT2D eigenvalue weighted by Crippen LogP contribution is 2.01. The normalized spacial score (nSPS) is 12.5. The van der Waals surface area contributed by atoms with Crippen LogP contribution >= 0.6 is 0 Å². The first-order valence-electron chi connectivity index (χ1n) is 5.37. The van der Waals surface area contributed by atoms with Gasteiger partial charge in [-0.25, -0.2) is 4.79 Å². The van der Waals surface area contributed by atoms with Crippen molar-refractivity contribution in [3.8, 4) is 0 Å². The van der Waals surface area contributed by atoms with E-state index in [1.54, 1.807) is 0 Å². The summed E-state index contributed by atoms with van der Waals surface area (Å²) < 4.78 is 5.28. The highest BCUT2D eigenvalue weighted by Gasteiger charge is 2.14. The van der Waals surface area contributed by atoms with Crippen molar-refractivity contribution in [1.29, 1.82) is 0 Å². The molecular weight excluding hydrogens is 210 g/mol. The van der Waals surface area contributed by atoms with E-state index < -0.39 is 11.9 Å². The van der Waals surface area contributed by atoms with Crippen molar-refractivity contribution in [2.45, 2.75) is 26.8 Å². The summed E-state index contributed by atoms with van der Waals surface area (Å²) in [6.45, 7) is 7.21. The van der Waals surface area contributed by atoms with Gasteiger partial charge in [0.2, 0.25) is 5.91 Å². The minimum atomic E-state index is -0.835. The molecule has 0 radical (unpaired) electrons. The summed E-state index contributed by atoms with van der Waals surface area (Å²) in [5.41, 5.74) is 4.82. The van der Waals surface area contributed by atoms with Gasteiger partial charge in [0.25, 0.3) is 0 Å². The van der Waals surface area contributed by atoms with Crippen LogP contribution in [-0.4, -0.2) is 37.7 Å². The lowest BCUT2D eigenvalue weighted by Crippen LogP contribution is -2.46. The maximum absolute atomic E-state index is 11.1. The van der Waals surface area contributed by atoms with E-state index in [-0.39, 0.29) is 12.6 Å². The quantitative estimate of drug-likeness (QED) is 0.567. The molecule has 0 saturated heterocycles. The van der Waals surface area contributed by atoms with Gasteiger partial charge in [-0.3, -0.25) is 10.1 Å². The van der Waals surface area contributed by atoms with Gasteiger partial charge in [0.15, 0.2) is 0 Å². The number of rotatable bonds is 7. The Morgan fingerprint density at radius 3 is 2.44 bits per heavy atom. The molecule has 0 heterocycles. The van der Waals surface area contributed by atoms with Crippen molar-refractivity contribution in [1.82, 2.24) is 10.6 Å². The molecule has 0 rings (SSSR count). The molecule has 0 aliphatic carbocycles. The number of ether oxygens (including phenoxy) is 1. The number of carbonyl (C=O) groups excluding carboxylic acids is 2. The van der Waals surface area contributed by atoms with Crippen LogP contribution in [-0.2, 0) is 9.53 Å². The molecule has 1 atom stereocenters. The molecule has 6 heteroatoms. The summed E-state index contributed by atoms with van der Waals surface area (Å²) in [5, 5.41) is 5.00. The van der Waals surface area contributed by atoms with Gasteiger partial charge < -0.3 is 15.8 Å². The van der Waals surface area contributed by atoms with Gasteiger partial charge in [-0.1, -0.05) is 13.8 Å². The van der Waals surface area contributed by atoms with Crippen molar-refractivity contribution < 1.29 is 14.3 Å². The summed E-state index contributed by atoms with van der Waals surface area (Å²) in [6, 6.07) is -0.753. The lowest BCUT2D eigenvalue weighted by Gasteiger charge is -2.21. The summed E-state index contributed by atoms with van der Waals surface area (Å²) >= 11 is 0. The van der Waals surface area contributed by atoms with Crippen LogP contribution in [0.5, 0.6) is 0 Å². The molecule has 94 valence electrons. The molecule has 0 bridgehead atoms. The summed E-state index contributed by atoms with van der Waals surface area (Å²) in [6.07, 6.45) is 0. The molecule has 0 aromatic heterocycles. The second kappa shape index (κ2) is 8.06. The second-order valence-corrected chi connectivity index (χ2v) is 3.80. The summed E-state index contributed by atoms with van der Waals surface area (Å²) in [4.78, 5) is 21.5. The Morgan fingerprint density at radius 2 is 2.00 bits per heavy atom. The molecule has 0 aromatic carbocycles. The summed E-state index contributed by atoms with van der Waals surface area (Å²) in [7, 11) is 0. The second-order valence-electron chi connectivity index (χ2n) is 3.80. The number of nitrogens with one attached hydrogen (secondary N) is 2. The van der Waals surface area contributed by atoms with Gasteiger partial charge in [0.05, 0.1) is 13.2 Å². The average Bonchev–Trinajstić information content (AvgIpc) is 2.16. The van der Waals surface area contributed by atoms with Gasteiger partial charge in [-0.2, -0.15) is 0 Å². The van der Waals surface area contributed by atoms with Crippen LogP contribution in [0, 0.1) is 5.92 Å². The first kappa shape index (κ1) is 14.9. The third-order valence-corrected chi connectivity index (χ3v) is 2.09. The van der Waals surface area contributed by atoms with E-state index in [2.05, 4.69) is 5.32 Å². The monoisotopic (exact) mass is 231 g/mol. The summed E-state index contributed by atoms with van der Waals surface area (Å²) in [5.74, 6) is -0.0948. The third-order valence-electron chi connectivity index (χ3n) is 2.09. The number of primary amides is 1. The minimum Gasteiger partial charge on any atom is -0.380 e. The van der Waals surface area contributed by atoms with E-state index in [4.69, 9.17) is 10.5 Å². The molecule has 6 nitrogen and oxygen atoms in total. The molecule has 0 aliphatic rings. The van der Waals surface area contributed by atoms with Crippen molar-refractivity contribution in [3.05, 3.63) is 0 Å². The van der Waals surface area contributed by atoms with Crippen molar-refractivity contribution in [2.24, 2.45) is 11.7 Å². The topological polar surface area (TPSA) is 93.4 Å². The molecule has 16 heavy (non-hydrogen) atoms. The molecule has 0 aliphatic heterocycles. The fraction of sp³-hybridized carbons (Fsp3) is 0.800. The van der Waals surface area contributed by atoms with Gasteiger partial charge in [-0.15, -0.1) is 0 Å². The largest absolute Gasteiger partial charge is 0.380 e. The first-order chi connectivity index (χ1) is 7.47. The van der Waals surface area contributed by atoms with Crippen LogP contribution in [0.4, 0.5) is 4.79 Å². The fourth-order valence-electron chi connectivity index (χ4n) is 1.14. The molecule has 3 amide bonds. The zero-order valence-electron chi connectivity index (χ0n) is 10.1. The molecule has 0 spiro atoms. The Bertz CT molecular complexity index is 231. The fourth-order valence-corrected chi connectivity index (χ4v) is 1.14. The van der Waals surface area contributed by atoms with Gasteiger partial charge >= 0.3 is 6.03 Å². The molecule has 1 unspecified atom stereocenters. The number of carbonyl (C=O) groups is 2. The van der Waals surface area contributed by atoms with E-state index in [1.165, 1.54) is 0 Å². The van der Waals surface area contributed by atoms with Gasteiger partial charge in [0.1, 0.15) is 0 Å². The zero-order chi connectivity index (χ0) is 12.6. The lowest BCUT2D eigenvalue weighted by molar-refractivity contribution is -0.119. The number of amides is 3. The highest BCUT2D eigenvalue weighted by atomic mass is 16.5. The van der Waals surface area contributed by atoms with Crippen LogP contribution in [0.2, 0.25) is 0 Å². The Balaban J connectivity index is 3.91. The minimum absolute atomic E-state index is 0.0544. The van der Waals surface area contributed by atoms with Crippen molar-refractivity contribution in [3.63, 3.8) is 0 Å². The maximum atomic E-state index is 11.1. The first-order valence-corrected chi connectivity index (χ1v) is 5.37. The number of nitrogens with two attached hydrogens (primary N) is 1. The smallest absolute Gasteiger partial charge is 0.318 e. The van der Waals surface area contributed by atoms with E-state index in [1.807, 2.05) is 26.1 Å². The van der Waals surface area contributed by atoms with Gasteiger partial charge in [0, 0.05) is 12.6 Å². The van der Waals surface area contributed by atoms with Gasteiger partial charge in [-0.05, 0) is 12.8 Å². The molecule has 0 aromatic rings. The number of hydrogen-bond donors (Lipinski definition) is 3. The Hall–Kier alpha value is -1.14. The van der Waals surface area contributed by atoms with Crippen LogP contribution in [0.1, 0.15) is 20.8 Å². The Morgan fingerprint density at radius 1 is 1.38 bits per heavy atom. The van der Waals surface area contributed by atoms with E-state index in [0.29, 0.717) is 19.1 Å². The molecule has 0 saturated carbocycles. The van der Waals surface area contributed by atoms with Crippen LogP contribution in [0.25, 0.3) is 0 Å². The zero-order valence-corrected chi connectivity index (χ0v) is 10.1. The van der Waals surface area contributed by atoms with Crippen LogP contribution in [0.3, 0.4) is 0 Å². The number of urea groups is 1. The SMILES string of the molecule is CCOCC(NCC(=O)NC(N)=O)C(C)C. The average molecular weight is 231 g/mol. The Kier molecular flexibility index (Phi) is 7.49. The van der Waals surface area contributed by atoms with E-state index in [9.17, 15) is 9.59 Å². The number of hydrogen-bond acceptors (Lipinski definition) is 4. The number of imide groups is 1. The van der Waals surface area contributed by atoms with E-state index >= 15 is 0 Å². The Labute approximate surface area is 95.9 Å². The standard InChI is InChI=1S/C10H21N3O3/c1-4-16-6-8(7(2)3)12-5-9(14)13-10(11)15/h7-8,12H,4-6H2,1-3H3,(H3,11,13,14,15). The van der Waals surface area contributed by atoms with E-state index in [0.717, 1.165) is 0 Å². The van der Waals surface area contributed by atoms with Crippen molar-refractivity contribution in [2.75, 3.05) is 19.8 Å². The van der Waals surface area contributed by atoms with Crippen molar-refractivity contribution >= 4 is 11.9 Å². The predicted molar refractivity (Wildman–Crippen MR) is 60.8 cm³/mol. The molecule has 0 fully saturated rings. The maximum Gasteiger partial charge on any atom is 0.318 e. The highest BCUT2D eigenvalue weighted by molar-refractivity contribution is 5.94. The predicted octanol–water partition coefficient (Wildman–Crippen LogP) is -0.168. The molecule has 4 N–H and O–H groups in total. The van der Waals surface area contributed by atoms with Crippen LogP contribution < -0.4 is 16.4 Å². The lowest BCUT2D eigenvalue weighted by atomic mass is 10.1.